The number of anilines is 2. The Bertz CT molecular complexity index is 659. The van der Waals surface area contributed by atoms with E-state index in [9.17, 15) is 0 Å². The van der Waals surface area contributed by atoms with Gasteiger partial charge >= 0.3 is 0 Å². The molecule has 0 aliphatic carbocycles. The molecule has 0 bridgehead atoms. The smallest absolute Gasteiger partial charge is 0.138 e. The van der Waals surface area contributed by atoms with Crippen LogP contribution in [0.4, 0.5) is 11.6 Å². The van der Waals surface area contributed by atoms with Crippen LogP contribution in [0.15, 0.2) is 18.5 Å². The van der Waals surface area contributed by atoms with E-state index in [1.807, 2.05) is 12.1 Å². The highest BCUT2D eigenvalue weighted by atomic mass is 32.1. The molecular weight excluding hydrogens is 300 g/mol. The first-order chi connectivity index (χ1) is 10.6. The molecule has 2 aromatic rings. The predicted molar refractivity (Wildman–Crippen MR) is 87.2 cm³/mol. The summed E-state index contributed by atoms with van der Waals surface area (Å²) in [4.78, 5) is 12.2. The molecule has 1 saturated heterocycles. The number of nitrogens with two attached hydrogens (primary N) is 2. The van der Waals surface area contributed by atoms with E-state index in [1.54, 1.807) is 11.3 Å². The molecule has 0 unspecified atom stereocenters. The van der Waals surface area contributed by atoms with Crippen LogP contribution >= 0.6 is 11.3 Å². The molecule has 8 heteroatoms. The van der Waals surface area contributed by atoms with Gasteiger partial charge in [0.15, 0.2) is 0 Å². The van der Waals surface area contributed by atoms with Gasteiger partial charge in [0.2, 0.25) is 0 Å². The summed E-state index contributed by atoms with van der Waals surface area (Å²) in [7, 11) is 0. The Morgan fingerprint density at radius 3 is 2.59 bits per heavy atom. The molecule has 0 amide bonds. The lowest BCUT2D eigenvalue weighted by atomic mass is 10.1. The van der Waals surface area contributed by atoms with Crippen molar-refractivity contribution in [3.05, 3.63) is 33.8 Å². The molecule has 1 aliphatic heterocycles. The van der Waals surface area contributed by atoms with Crippen LogP contribution in [0.5, 0.6) is 0 Å². The summed E-state index contributed by atoms with van der Waals surface area (Å²) >= 11 is 1.57. The van der Waals surface area contributed by atoms with Gasteiger partial charge in [0, 0.05) is 24.5 Å². The lowest BCUT2D eigenvalue weighted by Gasteiger charge is -2.25. The fourth-order valence-corrected chi connectivity index (χ4v) is 3.38. The Labute approximate surface area is 132 Å². The maximum atomic E-state index is 8.32. The number of rotatable bonds is 4. The van der Waals surface area contributed by atoms with Crippen LogP contribution in [-0.2, 0) is 11.3 Å². The molecule has 0 spiro atoms. The van der Waals surface area contributed by atoms with Gasteiger partial charge in [-0.3, -0.25) is 10.3 Å². The maximum Gasteiger partial charge on any atom is 0.138 e. The van der Waals surface area contributed by atoms with E-state index in [2.05, 4.69) is 14.9 Å². The van der Waals surface area contributed by atoms with Crippen molar-refractivity contribution < 1.29 is 4.74 Å². The number of hydrogen-bond donors (Lipinski definition) is 3. The Hall–Kier alpha value is -2.03. The van der Waals surface area contributed by atoms with Gasteiger partial charge in [-0.05, 0) is 12.1 Å². The molecule has 0 aromatic carbocycles. The summed E-state index contributed by atoms with van der Waals surface area (Å²) < 4.78 is 5.35. The van der Waals surface area contributed by atoms with Crippen molar-refractivity contribution in [1.82, 2.24) is 14.9 Å². The third-order valence-corrected chi connectivity index (χ3v) is 4.63. The monoisotopic (exact) mass is 318 g/mol. The van der Waals surface area contributed by atoms with Crippen LogP contribution < -0.4 is 11.5 Å². The van der Waals surface area contributed by atoms with Gasteiger partial charge in [0.1, 0.15) is 18.0 Å². The summed E-state index contributed by atoms with van der Waals surface area (Å²) in [5.41, 5.74) is 12.3. The van der Waals surface area contributed by atoms with E-state index >= 15 is 0 Å². The first-order valence-corrected chi connectivity index (χ1v) is 7.81. The first-order valence-electron chi connectivity index (χ1n) is 6.99. The lowest BCUT2D eigenvalue weighted by Crippen LogP contribution is -2.35. The summed E-state index contributed by atoms with van der Waals surface area (Å²) in [5.74, 6) is 0.473. The zero-order valence-corrected chi connectivity index (χ0v) is 12.9. The van der Waals surface area contributed by atoms with Crippen molar-refractivity contribution in [2.45, 2.75) is 6.54 Å². The number of aromatic nitrogens is 2. The number of nitrogens with one attached hydrogen (secondary N) is 1. The second kappa shape index (κ2) is 6.39. The van der Waals surface area contributed by atoms with E-state index in [-0.39, 0.29) is 17.3 Å². The van der Waals surface area contributed by atoms with Crippen LogP contribution in [0.2, 0.25) is 0 Å². The van der Waals surface area contributed by atoms with E-state index in [0.29, 0.717) is 5.56 Å². The zero-order chi connectivity index (χ0) is 15.5. The van der Waals surface area contributed by atoms with Gasteiger partial charge in [-0.1, -0.05) is 0 Å². The molecule has 0 atom stereocenters. The van der Waals surface area contributed by atoms with Gasteiger partial charge in [0.25, 0.3) is 0 Å². The fourth-order valence-electron chi connectivity index (χ4n) is 2.37. The largest absolute Gasteiger partial charge is 0.383 e. The SMILES string of the molecule is N=C(c1ccc(CN2CCOCC2)s1)c1c(N)ncnc1N. The van der Waals surface area contributed by atoms with Crippen molar-refractivity contribution in [1.29, 1.82) is 5.41 Å². The number of nitrogen functional groups attached to an aromatic ring is 2. The van der Waals surface area contributed by atoms with Crippen LogP contribution in [0.3, 0.4) is 0 Å². The average molecular weight is 318 g/mol. The Kier molecular flexibility index (Phi) is 4.32. The molecule has 0 radical (unpaired) electrons. The second-order valence-corrected chi connectivity index (χ2v) is 6.22. The molecule has 1 aliphatic rings. The van der Waals surface area contributed by atoms with Crippen molar-refractivity contribution in [2.24, 2.45) is 0 Å². The molecule has 3 heterocycles. The fraction of sp³-hybridized carbons (Fsp3) is 0.357. The molecule has 2 aromatic heterocycles. The number of thiophene rings is 1. The summed E-state index contributed by atoms with van der Waals surface area (Å²) in [6.07, 6.45) is 1.31. The van der Waals surface area contributed by atoms with Crippen LogP contribution in [-0.4, -0.2) is 46.9 Å². The molecule has 1 fully saturated rings. The first kappa shape index (κ1) is 14.9. The van der Waals surface area contributed by atoms with Crippen molar-refractivity contribution >= 4 is 28.7 Å². The van der Waals surface area contributed by atoms with E-state index in [4.69, 9.17) is 21.6 Å². The van der Waals surface area contributed by atoms with E-state index in [1.165, 1.54) is 11.2 Å². The number of nitrogens with zero attached hydrogens (tertiary/aromatic N) is 3. The van der Waals surface area contributed by atoms with E-state index < -0.39 is 0 Å². The highest BCUT2D eigenvalue weighted by Crippen LogP contribution is 2.25. The van der Waals surface area contributed by atoms with Crippen LogP contribution in [0.1, 0.15) is 15.3 Å². The van der Waals surface area contributed by atoms with Gasteiger partial charge in [-0.15, -0.1) is 11.3 Å². The third-order valence-electron chi connectivity index (χ3n) is 3.55. The molecule has 3 rings (SSSR count). The van der Waals surface area contributed by atoms with Gasteiger partial charge in [-0.25, -0.2) is 9.97 Å². The zero-order valence-electron chi connectivity index (χ0n) is 12.1. The number of ether oxygens (including phenoxy) is 1. The van der Waals surface area contributed by atoms with E-state index in [0.717, 1.165) is 37.7 Å². The van der Waals surface area contributed by atoms with Crippen molar-refractivity contribution in [3.63, 3.8) is 0 Å². The number of hydrogen-bond acceptors (Lipinski definition) is 8. The average Bonchev–Trinajstić information content (AvgIpc) is 2.96. The maximum absolute atomic E-state index is 8.32. The molecule has 116 valence electrons. The predicted octanol–water partition coefficient (Wildman–Crippen LogP) is 0.951. The highest BCUT2D eigenvalue weighted by Gasteiger charge is 2.17. The van der Waals surface area contributed by atoms with Crippen molar-refractivity contribution in [2.75, 3.05) is 37.8 Å². The van der Waals surface area contributed by atoms with Crippen LogP contribution in [0, 0.1) is 5.41 Å². The Morgan fingerprint density at radius 2 is 1.91 bits per heavy atom. The van der Waals surface area contributed by atoms with Gasteiger partial charge in [0.05, 0.1) is 29.4 Å². The Balaban J connectivity index is 1.77. The van der Waals surface area contributed by atoms with Gasteiger partial charge in [-0.2, -0.15) is 0 Å². The minimum absolute atomic E-state index is 0.237. The normalized spacial score (nSPS) is 15.8. The van der Waals surface area contributed by atoms with Crippen molar-refractivity contribution in [3.8, 4) is 0 Å². The Morgan fingerprint density at radius 1 is 1.23 bits per heavy atom. The quantitative estimate of drug-likeness (QED) is 0.723. The minimum atomic E-state index is 0.237. The molecule has 5 N–H and O–H groups in total. The molecule has 22 heavy (non-hydrogen) atoms. The standard InChI is InChI=1S/C14H18N6OS/c15-12(11-13(16)18-8-19-14(11)17)10-2-1-9(22-10)7-20-3-5-21-6-4-20/h1-2,8,15H,3-7H2,(H4,16,17,18,19). The minimum Gasteiger partial charge on any atom is -0.383 e. The molecular formula is C14H18N6OS. The summed E-state index contributed by atoms with van der Waals surface area (Å²) in [6.45, 7) is 4.32. The highest BCUT2D eigenvalue weighted by molar-refractivity contribution is 7.14. The van der Waals surface area contributed by atoms with Crippen LogP contribution in [0.25, 0.3) is 0 Å². The molecule has 7 nitrogen and oxygen atoms in total. The third kappa shape index (κ3) is 3.08. The molecule has 0 saturated carbocycles. The van der Waals surface area contributed by atoms with Gasteiger partial charge < -0.3 is 16.2 Å². The summed E-state index contributed by atoms with van der Waals surface area (Å²) in [6, 6.07) is 3.97. The number of morpholine rings is 1. The lowest BCUT2D eigenvalue weighted by molar-refractivity contribution is 0.0346. The summed E-state index contributed by atoms with van der Waals surface area (Å²) in [5, 5.41) is 8.32. The topological polar surface area (TPSA) is 114 Å². The second-order valence-electron chi connectivity index (χ2n) is 5.05.